The zero-order valence-electron chi connectivity index (χ0n) is 9.76. The molecule has 0 radical (unpaired) electrons. The molecule has 0 saturated heterocycles. The minimum atomic E-state index is -6.42. The average molecular weight is 318 g/mol. The van der Waals surface area contributed by atoms with Crippen LogP contribution < -0.4 is 0 Å². The van der Waals surface area contributed by atoms with Gasteiger partial charge in [0.15, 0.2) is 0 Å². The first-order valence-corrected chi connectivity index (χ1v) is 5.05. The van der Waals surface area contributed by atoms with Crippen LogP contribution in [0.5, 0.6) is 0 Å². The predicted octanol–water partition coefficient (Wildman–Crippen LogP) is 3.20. The number of halogens is 7. The number of esters is 1. The summed E-state index contributed by atoms with van der Waals surface area (Å²) in [5, 5.41) is 0. The fourth-order valence-electron chi connectivity index (χ4n) is 1.10. The molecule has 21 heavy (non-hydrogen) atoms. The molecule has 0 aliphatic heterocycles. The van der Waals surface area contributed by atoms with Crippen molar-refractivity contribution in [2.45, 2.75) is 18.2 Å². The van der Waals surface area contributed by atoms with Crippen LogP contribution in [-0.4, -0.2) is 30.0 Å². The first-order chi connectivity index (χ1) is 9.39. The zero-order chi connectivity index (χ0) is 16.5. The third-order valence-corrected chi connectivity index (χ3v) is 2.13. The van der Waals surface area contributed by atoms with Gasteiger partial charge in [0.1, 0.15) is 0 Å². The number of hydrogen-bond donors (Lipinski definition) is 0. The van der Waals surface area contributed by atoms with Crippen LogP contribution in [0.1, 0.15) is 10.4 Å². The monoisotopic (exact) mass is 318 g/mol. The lowest BCUT2D eigenvalue weighted by atomic mass is 10.1. The van der Waals surface area contributed by atoms with E-state index in [2.05, 4.69) is 4.74 Å². The summed E-state index contributed by atoms with van der Waals surface area (Å²) in [5.74, 6) is -12.0. The van der Waals surface area contributed by atoms with Crippen LogP contribution in [0.3, 0.4) is 0 Å². The van der Waals surface area contributed by atoms with Crippen molar-refractivity contribution in [2.75, 3.05) is 0 Å². The number of ether oxygens (including phenoxy) is 1. The van der Waals surface area contributed by atoms with E-state index in [1.54, 1.807) is 0 Å². The van der Waals surface area contributed by atoms with Crippen LogP contribution in [0.2, 0.25) is 0 Å². The molecule has 10 heteroatoms. The molecule has 1 aromatic rings. The maximum absolute atomic E-state index is 13.2. The Morgan fingerprint density at radius 1 is 0.857 bits per heavy atom. The Balaban J connectivity index is 2.96. The molecular formula is C11H5F7O3. The molecule has 0 spiro atoms. The summed E-state index contributed by atoms with van der Waals surface area (Å²) in [5.41, 5.74) is -0.731. The molecule has 0 amide bonds. The summed E-state index contributed by atoms with van der Waals surface area (Å²) >= 11 is 0. The van der Waals surface area contributed by atoms with E-state index >= 15 is 0 Å². The van der Waals surface area contributed by atoms with Crippen LogP contribution in [0, 0.1) is 0 Å². The van der Waals surface area contributed by atoms with Crippen molar-refractivity contribution in [3.05, 3.63) is 35.9 Å². The van der Waals surface area contributed by atoms with Crippen LogP contribution in [-0.2, 0) is 9.53 Å². The fourth-order valence-corrected chi connectivity index (χ4v) is 1.10. The van der Waals surface area contributed by atoms with Gasteiger partial charge in [-0.3, -0.25) is 4.79 Å². The number of benzene rings is 1. The Morgan fingerprint density at radius 2 is 1.33 bits per heavy atom. The lowest BCUT2D eigenvalue weighted by Gasteiger charge is -2.21. The molecule has 0 atom stereocenters. The Morgan fingerprint density at radius 3 is 1.76 bits per heavy atom. The number of carbonyl (C=O) groups is 2. The SMILES string of the molecule is O=C(c1ccccc1)C(F)(F)OC(=O)C(F)(F)C(F)(F)F. The molecule has 1 rings (SSSR count). The maximum atomic E-state index is 13.2. The molecule has 0 fully saturated rings. The van der Waals surface area contributed by atoms with Gasteiger partial charge in [-0.25, -0.2) is 4.79 Å². The lowest BCUT2D eigenvalue weighted by Crippen LogP contribution is -2.49. The van der Waals surface area contributed by atoms with Gasteiger partial charge in [-0.05, 0) is 0 Å². The molecule has 0 saturated carbocycles. The highest BCUT2D eigenvalue weighted by atomic mass is 19.4. The zero-order valence-corrected chi connectivity index (χ0v) is 9.76. The van der Waals surface area contributed by atoms with Crippen LogP contribution in [0.4, 0.5) is 30.7 Å². The van der Waals surface area contributed by atoms with Gasteiger partial charge in [0.25, 0.3) is 5.78 Å². The van der Waals surface area contributed by atoms with E-state index in [4.69, 9.17) is 0 Å². The first kappa shape index (κ1) is 16.9. The highest BCUT2D eigenvalue weighted by molar-refractivity contribution is 6.01. The second kappa shape index (κ2) is 5.34. The topological polar surface area (TPSA) is 43.4 Å². The van der Waals surface area contributed by atoms with Gasteiger partial charge in [0.2, 0.25) is 0 Å². The minimum Gasteiger partial charge on any atom is -0.390 e. The van der Waals surface area contributed by atoms with E-state index in [0.717, 1.165) is 24.3 Å². The Bertz CT molecular complexity index is 536. The molecule has 0 heterocycles. The minimum absolute atomic E-state index is 0.731. The molecule has 0 aliphatic rings. The Kier molecular flexibility index (Phi) is 4.30. The van der Waals surface area contributed by atoms with E-state index in [0.29, 0.717) is 0 Å². The fraction of sp³-hybridized carbons (Fsp3) is 0.273. The highest BCUT2D eigenvalue weighted by Crippen LogP contribution is 2.38. The Hall–Kier alpha value is -2.13. The summed E-state index contributed by atoms with van der Waals surface area (Å²) in [4.78, 5) is 21.8. The van der Waals surface area contributed by atoms with Crippen molar-refractivity contribution in [1.29, 1.82) is 0 Å². The number of ketones is 1. The Labute approximate surface area is 112 Å². The quantitative estimate of drug-likeness (QED) is 0.486. The molecule has 3 nitrogen and oxygen atoms in total. The van der Waals surface area contributed by atoms with Crippen molar-refractivity contribution >= 4 is 11.8 Å². The average Bonchev–Trinajstić information content (AvgIpc) is 2.37. The first-order valence-electron chi connectivity index (χ1n) is 5.05. The number of rotatable bonds is 4. The van der Waals surface area contributed by atoms with Crippen molar-refractivity contribution in [3.63, 3.8) is 0 Å². The lowest BCUT2D eigenvalue weighted by molar-refractivity contribution is -0.295. The van der Waals surface area contributed by atoms with Gasteiger partial charge in [0.05, 0.1) is 0 Å². The molecule has 1 aromatic carbocycles. The number of alkyl halides is 7. The maximum Gasteiger partial charge on any atom is 0.468 e. The van der Waals surface area contributed by atoms with E-state index < -0.39 is 35.5 Å². The second-order valence-electron chi connectivity index (χ2n) is 3.67. The molecular weight excluding hydrogens is 313 g/mol. The van der Waals surface area contributed by atoms with E-state index in [1.807, 2.05) is 0 Å². The van der Waals surface area contributed by atoms with Crippen molar-refractivity contribution in [1.82, 2.24) is 0 Å². The summed E-state index contributed by atoms with van der Waals surface area (Å²) in [6.45, 7) is 0. The van der Waals surface area contributed by atoms with E-state index in [1.165, 1.54) is 6.07 Å². The largest absolute Gasteiger partial charge is 0.468 e. The van der Waals surface area contributed by atoms with Crippen molar-refractivity contribution in [2.24, 2.45) is 0 Å². The number of Topliss-reactive ketones (excluding diaryl/α,β-unsaturated/α-hetero) is 1. The van der Waals surface area contributed by atoms with E-state index in [9.17, 15) is 40.3 Å². The van der Waals surface area contributed by atoms with Crippen LogP contribution in [0.25, 0.3) is 0 Å². The molecule has 0 aromatic heterocycles. The van der Waals surface area contributed by atoms with Gasteiger partial charge in [0, 0.05) is 5.56 Å². The molecule has 0 unspecified atom stereocenters. The van der Waals surface area contributed by atoms with Crippen molar-refractivity contribution < 1.29 is 45.1 Å². The standard InChI is InChI=1S/C11H5F7O3/c12-9(13,11(16,17)18)8(20)21-10(14,15)7(19)6-4-2-1-3-5-6/h1-5H. The third kappa shape index (κ3) is 3.50. The molecule has 0 bridgehead atoms. The van der Waals surface area contributed by atoms with Gasteiger partial charge < -0.3 is 4.74 Å². The normalized spacial score (nSPS) is 12.9. The van der Waals surface area contributed by atoms with Gasteiger partial charge in [-0.15, -0.1) is 0 Å². The second-order valence-corrected chi connectivity index (χ2v) is 3.67. The van der Waals surface area contributed by atoms with E-state index in [-0.39, 0.29) is 0 Å². The number of hydrogen-bond acceptors (Lipinski definition) is 3. The smallest absolute Gasteiger partial charge is 0.390 e. The summed E-state index contributed by atoms with van der Waals surface area (Å²) < 4.78 is 89.5. The van der Waals surface area contributed by atoms with Gasteiger partial charge >= 0.3 is 24.2 Å². The van der Waals surface area contributed by atoms with Gasteiger partial charge in [-0.2, -0.15) is 30.7 Å². The summed E-state index contributed by atoms with van der Waals surface area (Å²) in [6, 6.07) is 5.28. The van der Waals surface area contributed by atoms with Crippen LogP contribution in [0.15, 0.2) is 30.3 Å². The predicted molar refractivity (Wildman–Crippen MR) is 52.8 cm³/mol. The summed E-state index contributed by atoms with van der Waals surface area (Å²) in [7, 11) is 0. The highest BCUT2D eigenvalue weighted by Gasteiger charge is 2.67. The van der Waals surface area contributed by atoms with Crippen LogP contribution >= 0.6 is 0 Å². The molecule has 0 aliphatic carbocycles. The third-order valence-electron chi connectivity index (χ3n) is 2.13. The van der Waals surface area contributed by atoms with Crippen molar-refractivity contribution in [3.8, 4) is 0 Å². The number of carbonyl (C=O) groups excluding carboxylic acids is 2. The summed E-state index contributed by atoms with van der Waals surface area (Å²) in [6.07, 6.45) is -11.6. The van der Waals surface area contributed by atoms with Gasteiger partial charge in [-0.1, -0.05) is 30.3 Å². The molecule has 0 N–H and O–H groups in total. The molecule has 116 valence electrons.